The number of benzene rings is 3. The van der Waals surface area contributed by atoms with Crippen molar-refractivity contribution in [3.63, 3.8) is 0 Å². The van der Waals surface area contributed by atoms with E-state index in [1.807, 2.05) is 71.4 Å². The molecule has 1 aromatic heterocycles. The first-order valence-corrected chi connectivity index (χ1v) is 12.4. The Kier molecular flexibility index (Phi) is 6.63. The summed E-state index contributed by atoms with van der Waals surface area (Å²) in [7, 11) is 3.19. The Morgan fingerprint density at radius 2 is 1.63 bits per heavy atom. The number of nitrogens with zero attached hydrogens (tertiary/aromatic N) is 2. The predicted octanol–water partition coefficient (Wildman–Crippen LogP) is 6.94. The Balaban J connectivity index is 1.80. The molecule has 5 rings (SSSR count). The molecule has 0 radical (unpaired) electrons. The van der Waals surface area contributed by atoms with Crippen LogP contribution in [0.2, 0.25) is 5.02 Å². The molecule has 1 saturated carbocycles. The van der Waals surface area contributed by atoms with Crippen LogP contribution in [0.5, 0.6) is 0 Å². The molecule has 0 bridgehead atoms. The molecule has 1 fully saturated rings. The van der Waals surface area contributed by atoms with Gasteiger partial charge in [-0.2, -0.15) is 5.10 Å². The number of methoxy groups -OCH3 is 2. The number of carbonyl (C=O) groups excluding carboxylic acids is 1. The SMILES string of the molecule is COC(=O)c1ccc(C(OC)(c2c3ccccc3nn2-c2ccc(Cl)cc2)C2CCCCC2)cc1. The molecule has 0 spiro atoms. The maximum Gasteiger partial charge on any atom is 0.337 e. The van der Waals surface area contributed by atoms with Crippen LogP contribution in [0.4, 0.5) is 0 Å². The Morgan fingerprint density at radius 1 is 0.943 bits per heavy atom. The summed E-state index contributed by atoms with van der Waals surface area (Å²) in [5, 5.41) is 6.75. The van der Waals surface area contributed by atoms with Gasteiger partial charge in [-0.05, 0) is 66.8 Å². The Labute approximate surface area is 210 Å². The van der Waals surface area contributed by atoms with E-state index in [2.05, 4.69) is 6.07 Å². The van der Waals surface area contributed by atoms with Crippen LogP contribution >= 0.6 is 11.6 Å². The molecule has 1 heterocycles. The third-order valence-corrected chi connectivity index (χ3v) is 7.49. The van der Waals surface area contributed by atoms with Crippen LogP contribution in [0.3, 0.4) is 0 Å². The van der Waals surface area contributed by atoms with E-state index >= 15 is 0 Å². The molecule has 0 amide bonds. The van der Waals surface area contributed by atoms with Crippen molar-refractivity contribution in [2.75, 3.05) is 14.2 Å². The van der Waals surface area contributed by atoms with Gasteiger partial charge in [-0.1, -0.05) is 61.2 Å². The normalized spacial score (nSPS) is 16.2. The van der Waals surface area contributed by atoms with Gasteiger partial charge in [0.05, 0.1) is 29.6 Å². The van der Waals surface area contributed by atoms with Crippen LogP contribution < -0.4 is 0 Å². The molecule has 0 N–H and O–H groups in total. The van der Waals surface area contributed by atoms with Crippen LogP contribution in [0, 0.1) is 5.92 Å². The first-order chi connectivity index (χ1) is 17.1. The molecule has 4 aromatic rings. The van der Waals surface area contributed by atoms with E-state index in [0.717, 1.165) is 53.5 Å². The molecule has 0 saturated heterocycles. The maximum atomic E-state index is 12.1. The van der Waals surface area contributed by atoms with E-state index in [4.69, 9.17) is 26.2 Å². The first kappa shape index (κ1) is 23.6. The maximum absolute atomic E-state index is 12.1. The summed E-state index contributed by atoms with van der Waals surface area (Å²) in [6, 6.07) is 23.6. The highest BCUT2D eigenvalue weighted by Gasteiger charge is 2.46. The number of rotatable bonds is 6. The standard InChI is InChI=1S/C29H29ClN2O3/c1-34-28(33)20-12-14-22(15-13-20)29(35-2,21-8-4-3-5-9-21)27-25-10-6-7-11-26(25)31-32(27)24-18-16-23(30)17-19-24/h6-7,10-19,21H,3-5,8-9H2,1-2H3. The number of hydrogen-bond acceptors (Lipinski definition) is 4. The smallest absolute Gasteiger partial charge is 0.337 e. The van der Waals surface area contributed by atoms with E-state index in [1.54, 1.807) is 7.11 Å². The largest absolute Gasteiger partial charge is 0.465 e. The van der Waals surface area contributed by atoms with Gasteiger partial charge in [0, 0.05) is 17.5 Å². The second-order valence-electron chi connectivity index (χ2n) is 9.10. The number of carbonyl (C=O) groups is 1. The van der Waals surface area contributed by atoms with Gasteiger partial charge in [0.2, 0.25) is 0 Å². The van der Waals surface area contributed by atoms with Gasteiger partial charge in [0.15, 0.2) is 0 Å². The highest BCUT2D eigenvalue weighted by atomic mass is 35.5. The number of ether oxygens (including phenoxy) is 2. The number of fused-ring (bicyclic) bond motifs is 1. The number of esters is 1. The third kappa shape index (κ3) is 4.13. The second-order valence-corrected chi connectivity index (χ2v) is 9.53. The van der Waals surface area contributed by atoms with Crippen LogP contribution in [-0.2, 0) is 15.1 Å². The molecular formula is C29H29ClN2O3. The monoisotopic (exact) mass is 488 g/mol. The van der Waals surface area contributed by atoms with Gasteiger partial charge in [0.1, 0.15) is 5.60 Å². The quantitative estimate of drug-likeness (QED) is 0.276. The fourth-order valence-electron chi connectivity index (χ4n) is 5.59. The summed E-state index contributed by atoms with van der Waals surface area (Å²) in [5.41, 5.74) is 3.58. The van der Waals surface area contributed by atoms with Crippen molar-refractivity contribution in [2.45, 2.75) is 37.7 Å². The summed E-state index contributed by atoms with van der Waals surface area (Å²) in [4.78, 5) is 12.1. The van der Waals surface area contributed by atoms with Crippen molar-refractivity contribution in [2.24, 2.45) is 5.92 Å². The van der Waals surface area contributed by atoms with Crippen molar-refractivity contribution in [3.8, 4) is 5.69 Å². The molecule has 1 aliphatic rings. The van der Waals surface area contributed by atoms with Gasteiger partial charge in [-0.25, -0.2) is 9.48 Å². The van der Waals surface area contributed by atoms with Crippen molar-refractivity contribution in [3.05, 3.63) is 94.6 Å². The minimum absolute atomic E-state index is 0.247. The fraction of sp³-hybridized carbons (Fsp3) is 0.310. The molecule has 1 atom stereocenters. The van der Waals surface area contributed by atoms with Crippen molar-refractivity contribution in [1.29, 1.82) is 0 Å². The predicted molar refractivity (Wildman–Crippen MR) is 138 cm³/mol. The van der Waals surface area contributed by atoms with E-state index < -0.39 is 5.60 Å². The summed E-state index contributed by atoms with van der Waals surface area (Å²) in [6.07, 6.45) is 5.64. The Bertz CT molecular complexity index is 1320. The van der Waals surface area contributed by atoms with Crippen molar-refractivity contribution < 1.29 is 14.3 Å². The number of halogens is 1. The van der Waals surface area contributed by atoms with Gasteiger partial charge in [-0.3, -0.25) is 0 Å². The topological polar surface area (TPSA) is 53.4 Å². The lowest BCUT2D eigenvalue weighted by Gasteiger charge is -2.42. The molecule has 180 valence electrons. The number of hydrogen-bond donors (Lipinski definition) is 0. The molecule has 1 aliphatic carbocycles. The number of aromatic nitrogens is 2. The summed E-state index contributed by atoms with van der Waals surface area (Å²) < 4.78 is 13.6. The zero-order valence-corrected chi connectivity index (χ0v) is 20.8. The molecule has 5 nitrogen and oxygen atoms in total. The molecular weight excluding hydrogens is 460 g/mol. The lowest BCUT2D eigenvalue weighted by molar-refractivity contribution is -0.0458. The molecule has 3 aromatic carbocycles. The van der Waals surface area contributed by atoms with Gasteiger partial charge < -0.3 is 9.47 Å². The average Bonchev–Trinajstić information content (AvgIpc) is 3.30. The lowest BCUT2D eigenvalue weighted by Crippen LogP contribution is -2.41. The zero-order valence-electron chi connectivity index (χ0n) is 20.0. The minimum Gasteiger partial charge on any atom is -0.465 e. The van der Waals surface area contributed by atoms with E-state index in [1.165, 1.54) is 13.5 Å². The van der Waals surface area contributed by atoms with Gasteiger partial charge >= 0.3 is 5.97 Å². The van der Waals surface area contributed by atoms with Crippen LogP contribution in [0.25, 0.3) is 16.6 Å². The highest BCUT2D eigenvalue weighted by Crippen LogP contribution is 2.49. The summed E-state index contributed by atoms with van der Waals surface area (Å²) in [5.74, 6) is -0.106. The molecule has 0 aliphatic heterocycles. The minimum atomic E-state index is -0.759. The van der Waals surface area contributed by atoms with Crippen molar-refractivity contribution in [1.82, 2.24) is 9.78 Å². The van der Waals surface area contributed by atoms with Crippen molar-refractivity contribution >= 4 is 28.5 Å². The van der Waals surface area contributed by atoms with Gasteiger partial charge in [0.25, 0.3) is 0 Å². The second kappa shape index (κ2) is 9.84. The molecule has 1 unspecified atom stereocenters. The molecule has 35 heavy (non-hydrogen) atoms. The van der Waals surface area contributed by atoms with Crippen LogP contribution in [-0.4, -0.2) is 30.0 Å². The third-order valence-electron chi connectivity index (χ3n) is 7.24. The Hall–Kier alpha value is -3.15. The van der Waals surface area contributed by atoms with E-state index in [0.29, 0.717) is 10.6 Å². The summed E-state index contributed by atoms with van der Waals surface area (Å²) >= 11 is 6.21. The van der Waals surface area contributed by atoms with E-state index in [-0.39, 0.29) is 11.9 Å². The molecule has 6 heteroatoms. The highest BCUT2D eigenvalue weighted by molar-refractivity contribution is 6.30. The average molecular weight is 489 g/mol. The van der Waals surface area contributed by atoms with Crippen LogP contribution in [0.1, 0.15) is 53.7 Å². The van der Waals surface area contributed by atoms with Crippen LogP contribution in [0.15, 0.2) is 72.8 Å². The fourth-order valence-corrected chi connectivity index (χ4v) is 5.71. The summed E-state index contributed by atoms with van der Waals surface area (Å²) in [6.45, 7) is 0. The zero-order chi connectivity index (χ0) is 24.4. The first-order valence-electron chi connectivity index (χ1n) is 12.1. The Morgan fingerprint density at radius 3 is 2.29 bits per heavy atom. The van der Waals surface area contributed by atoms with Gasteiger partial charge in [-0.15, -0.1) is 0 Å². The van der Waals surface area contributed by atoms with E-state index in [9.17, 15) is 4.79 Å². The lowest BCUT2D eigenvalue weighted by atomic mass is 9.70.